The Labute approximate surface area is 130 Å². The summed E-state index contributed by atoms with van der Waals surface area (Å²) in [7, 11) is 5.59. The van der Waals surface area contributed by atoms with E-state index in [9.17, 15) is 4.79 Å². The fraction of sp³-hybridized carbons (Fsp3) is 0.500. The lowest BCUT2D eigenvalue weighted by molar-refractivity contribution is -0.125. The maximum atomic E-state index is 11.9. The van der Waals surface area contributed by atoms with Crippen LogP contribution in [0.5, 0.6) is 0 Å². The van der Waals surface area contributed by atoms with E-state index in [1.165, 1.54) is 4.70 Å². The highest BCUT2D eigenvalue weighted by molar-refractivity contribution is 7.18. The van der Waals surface area contributed by atoms with Crippen molar-refractivity contribution in [2.45, 2.75) is 25.8 Å². The number of para-hydroxylation sites is 1. The first-order valence-electron chi connectivity index (χ1n) is 7.23. The first-order valence-corrected chi connectivity index (χ1v) is 8.05. The minimum Gasteiger partial charge on any atom is -0.358 e. The summed E-state index contributed by atoms with van der Waals surface area (Å²) in [6, 6.07) is 8.13. The molecule has 1 N–H and O–H groups in total. The third kappa shape index (κ3) is 4.02. The number of fused-ring (bicyclic) bond motifs is 1. The molecule has 4 nitrogen and oxygen atoms in total. The van der Waals surface area contributed by atoms with Crippen LogP contribution in [0.4, 0.5) is 0 Å². The van der Waals surface area contributed by atoms with E-state index < -0.39 is 0 Å². The number of likely N-dealkylation sites (N-methyl/N-ethyl adjacent to an activating group) is 2. The quantitative estimate of drug-likeness (QED) is 0.892. The van der Waals surface area contributed by atoms with Gasteiger partial charge in [-0.2, -0.15) is 0 Å². The number of carbonyl (C=O) groups excluding carboxylic acids is 1. The number of benzene rings is 1. The van der Waals surface area contributed by atoms with Crippen molar-refractivity contribution in [2.75, 3.05) is 21.1 Å². The summed E-state index contributed by atoms with van der Waals surface area (Å²) in [5, 5.41) is 3.89. The first kappa shape index (κ1) is 15.9. The van der Waals surface area contributed by atoms with Gasteiger partial charge in [0.25, 0.3) is 0 Å². The van der Waals surface area contributed by atoms with Gasteiger partial charge in [-0.25, -0.2) is 4.98 Å². The largest absolute Gasteiger partial charge is 0.358 e. The SMILES string of the molecule is CNC(=O)[C@H](C[C@H](C)Cc1nc2ccccc2s1)N(C)C. The number of nitrogens with zero attached hydrogens (tertiary/aromatic N) is 2. The first-order chi connectivity index (χ1) is 10.0. The van der Waals surface area contributed by atoms with Crippen molar-refractivity contribution in [2.24, 2.45) is 5.92 Å². The zero-order chi connectivity index (χ0) is 15.4. The van der Waals surface area contributed by atoms with Crippen LogP contribution in [0.25, 0.3) is 10.2 Å². The highest BCUT2D eigenvalue weighted by Crippen LogP contribution is 2.25. The number of nitrogens with one attached hydrogen (secondary N) is 1. The van der Waals surface area contributed by atoms with E-state index in [1.54, 1.807) is 18.4 Å². The molecule has 0 saturated heterocycles. The number of hydrogen-bond donors (Lipinski definition) is 1. The number of thiazole rings is 1. The molecule has 0 unspecified atom stereocenters. The molecule has 1 amide bonds. The number of carbonyl (C=O) groups is 1. The summed E-state index contributed by atoms with van der Waals surface area (Å²) in [6.07, 6.45) is 1.75. The van der Waals surface area contributed by atoms with Gasteiger partial charge in [0, 0.05) is 13.5 Å². The fourth-order valence-electron chi connectivity index (χ4n) is 2.49. The topological polar surface area (TPSA) is 45.2 Å². The van der Waals surface area contributed by atoms with Crippen LogP contribution >= 0.6 is 11.3 Å². The van der Waals surface area contributed by atoms with Gasteiger partial charge in [-0.1, -0.05) is 19.1 Å². The lowest BCUT2D eigenvalue weighted by Gasteiger charge is -2.25. The molecule has 1 heterocycles. The Morgan fingerprint density at radius 3 is 2.71 bits per heavy atom. The van der Waals surface area contributed by atoms with E-state index in [-0.39, 0.29) is 11.9 Å². The van der Waals surface area contributed by atoms with Gasteiger partial charge >= 0.3 is 0 Å². The van der Waals surface area contributed by atoms with Crippen LogP contribution in [0.15, 0.2) is 24.3 Å². The molecule has 0 aliphatic carbocycles. The molecule has 21 heavy (non-hydrogen) atoms. The Morgan fingerprint density at radius 2 is 2.10 bits per heavy atom. The van der Waals surface area contributed by atoms with E-state index >= 15 is 0 Å². The van der Waals surface area contributed by atoms with E-state index in [0.29, 0.717) is 5.92 Å². The summed E-state index contributed by atoms with van der Waals surface area (Å²) in [5.74, 6) is 0.492. The molecule has 1 aromatic carbocycles. The van der Waals surface area contributed by atoms with E-state index in [2.05, 4.69) is 23.3 Å². The molecule has 0 saturated carbocycles. The summed E-state index contributed by atoms with van der Waals surface area (Å²) in [5.41, 5.74) is 1.07. The van der Waals surface area contributed by atoms with Crippen molar-refractivity contribution in [1.29, 1.82) is 0 Å². The standard InChI is InChI=1S/C16H23N3OS/c1-11(9-13(19(3)4)16(20)17-2)10-15-18-12-7-5-6-8-14(12)21-15/h5-8,11,13H,9-10H2,1-4H3,(H,17,20)/t11-,13-/m0/s1. The smallest absolute Gasteiger partial charge is 0.237 e. The van der Waals surface area contributed by atoms with Crippen molar-refractivity contribution < 1.29 is 4.79 Å². The summed E-state index contributed by atoms with van der Waals surface area (Å²) in [6.45, 7) is 2.19. The molecule has 0 fully saturated rings. The highest BCUT2D eigenvalue weighted by atomic mass is 32.1. The Morgan fingerprint density at radius 1 is 1.38 bits per heavy atom. The number of rotatable bonds is 6. The zero-order valence-electron chi connectivity index (χ0n) is 13.1. The van der Waals surface area contributed by atoms with Crippen LogP contribution in [0.2, 0.25) is 0 Å². The van der Waals surface area contributed by atoms with E-state index in [4.69, 9.17) is 0 Å². The maximum absolute atomic E-state index is 11.9. The normalized spacial score (nSPS) is 14.3. The molecule has 0 bridgehead atoms. The van der Waals surface area contributed by atoms with Gasteiger partial charge in [-0.15, -0.1) is 11.3 Å². The van der Waals surface area contributed by atoms with Crippen molar-refractivity contribution in [3.63, 3.8) is 0 Å². The van der Waals surface area contributed by atoms with Gasteiger partial charge in [-0.05, 0) is 38.6 Å². The van der Waals surface area contributed by atoms with E-state index in [0.717, 1.165) is 23.4 Å². The van der Waals surface area contributed by atoms with Gasteiger partial charge in [-0.3, -0.25) is 9.69 Å². The second-order valence-electron chi connectivity index (χ2n) is 5.71. The monoisotopic (exact) mass is 305 g/mol. The average molecular weight is 305 g/mol. The average Bonchev–Trinajstić information content (AvgIpc) is 2.85. The van der Waals surface area contributed by atoms with Gasteiger partial charge in [0.15, 0.2) is 0 Å². The molecule has 0 radical (unpaired) electrons. The zero-order valence-corrected chi connectivity index (χ0v) is 13.9. The Hall–Kier alpha value is -1.46. The molecule has 0 aliphatic rings. The molecule has 2 rings (SSSR count). The molecule has 114 valence electrons. The fourth-order valence-corrected chi connectivity index (χ4v) is 3.62. The maximum Gasteiger partial charge on any atom is 0.237 e. The molecular weight excluding hydrogens is 282 g/mol. The Kier molecular flexibility index (Phi) is 5.31. The molecule has 2 aromatic rings. The van der Waals surface area contributed by atoms with Crippen LogP contribution < -0.4 is 5.32 Å². The van der Waals surface area contributed by atoms with Crippen molar-refractivity contribution in [3.05, 3.63) is 29.3 Å². The third-order valence-corrected chi connectivity index (χ3v) is 4.72. The van der Waals surface area contributed by atoms with Gasteiger partial charge in [0.1, 0.15) is 0 Å². The van der Waals surface area contributed by atoms with Crippen molar-refractivity contribution in [3.8, 4) is 0 Å². The minimum absolute atomic E-state index is 0.0798. The van der Waals surface area contributed by atoms with Gasteiger partial charge in [0.05, 0.1) is 21.3 Å². The predicted molar refractivity (Wildman–Crippen MR) is 88.6 cm³/mol. The summed E-state index contributed by atoms with van der Waals surface area (Å²) in [4.78, 5) is 18.6. The van der Waals surface area contributed by atoms with Crippen LogP contribution in [-0.4, -0.2) is 43.0 Å². The molecule has 0 aliphatic heterocycles. The van der Waals surface area contributed by atoms with Crippen LogP contribution in [-0.2, 0) is 11.2 Å². The van der Waals surface area contributed by atoms with Crippen molar-refractivity contribution >= 4 is 27.5 Å². The molecule has 2 atom stereocenters. The Bertz CT molecular complexity index is 575. The molecule has 0 spiro atoms. The number of aromatic nitrogens is 1. The highest BCUT2D eigenvalue weighted by Gasteiger charge is 2.22. The molecule has 1 aromatic heterocycles. The third-order valence-electron chi connectivity index (χ3n) is 3.66. The Balaban J connectivity index is 2.03. The van der Waals surface area contributed by atoms with Crippen molar-refractivity contribution in [1.82, 2.24) is 15.2 Å². The van der Waals surface area contributed by atoms with E-state index in [1.807, 2.05) is 37.2 Å². The number of amides is 1. The lowest BCUT2D eigenvalue weighted by Crippen LogP contribution is -2.43. The van der Waals surface area contributed by atoms with Gasteiger partial charge in [0.2, 0.25) is 5.91 Å². The van der Waals surface area contributed by atoms with Gasteiger partial charge < -0.3 is 5.32 Å². The molecular formula is C16H23N3OS. The lowest BCUT2D eigenvalue weighted by atomic mass is 9.97. The second-order valence-corrected chi connectivity index (χ2v) is 6.83. The molecule has 5 heteroatoms. The summed E-state index contributed by atoms with van der Waals surface area (Å²) >= 11 is 1.75. The van der Waals surface area contributed by atoms with Crippen LogP contribution in [0.3, 0.4) is 0 Å². The number of hydrogen-bond acceptors (Lipinski definition) is 4. The van der Waals surface area contributed by atoms with Crippen LogP contribution in [0, 0.1) is 5.92 Å². The summed E-state index contributed by atoms with van der Waals surface area (Å²) < 4.78 is 1.23. The minimum atomic E-state index is -0.0839. The second kappa shape index (κ2) is 7.00. The van der Waals surface area contributed by atoms with Crippen LogP contribution in [0.1, 0.15) is 18.4 Å². The predicted octanol–water partition coefficient (Wildman–Crippen LogP) is 2.54.